The molecule has 0 saturated carbocycles. The van der Waals surface area contributed by atoms with Crippen LogP contribution in [0, 0.1) is 5.82 Å². The number of hydrogen-bond acceptors (Lipinski definition) is 3. The number of rotatable bonds is 8. The number of anilines is 1. The predicted molar refractivity (Wildman–Crippen MR) is 139 cm³/mol. The topological polar surface area (TPSA) is 29.5 Å². The lowest BCUT2D eigenvalue weighted by Gasteiger charge is -2.18. The van der Waals surface area contributed by atoms with E-state index in [4.69, 9.17) is 4.65 Å². The van der Waals surface area contributed by atoms with Gasteiger partial charge in [-0.05, 0) is 46.8 Å². The van der Waals surface area contributed by atoms with E-state index in [1.54, 1.807) is 6.08 Å². The minimum Gasteiger partial charge on any atom is -0.551 e. The van der Waals surface area contributed by atoms with Gasteiger partial charge in [0.25, 0.3) is 0 Å². The maximum Gasteiger partial charge on any atom is 0.426 e. The van der Waals surface area contributed by atoms with E-state index in [0.29, 0.717) is 5.56 Å². The Kier molecular flexibility index (Phi) is 7.23. The Bertz CT molecular complexity index is 1230. The average molecular weight is 449 g/mol. The molecule has 4 rings (SSSR count). The first-order valence-corrected chi connectivity index (χ1v) is 11.1. The third kappa shape index (κ3) is 5.62. The summed E-state index contributed by atoms with van der Waals surface area (Å²) in [5.74, 6) is -0.517. The third-order valence-electron chi connectivity index (χ3n) is 5.50. The highest BCUT2D eigenvalue weighted by Crippen LogP contribution is 2.23. The molecule has 34 heavy (non-hydrogen) atoms. The van der Waals surface area contributed by atoms with Gasteiger partial charge in [-0.15, -0.1) is 0 Å². The van der Waals surface area contributed by atoms with E-state index in [1.165, 1.54) is 24.3 Å². The molecule has 0 N–H and O–H groups in total. The fraction of sp³-hybridized carbons (Fsp3) is 0.0690. The summed E-state index contributed by atoms with van der Waals surface area (Å²) in [6.45, 7) is -0.488. The summed E-state index contributed by atoms with van der Waals surface area (Å²) in [7, 11) is 3.95. The van der Waals surface area contributed by atoms with Crippen LogP contribution in [0.2, 0.25) is 0 Å². The lowest BCUT2D eigenvalue weighted by atomic mass is 9.55. The standard InChI is InChI=1S/C29H25BFNO2/c1-32(2)26-17-13-22(14-18-26)15-20-28(33)27-19-16-25(31)21-29(27)34-30(23-9-5-3-6-10-23)24-11-7-4-8-12-24/h3-21H,1-2H3/b20-15+. The first-order valence-electron chi connectivity index (χ1n) is 11.1. The van der Waals surface area contributed by atoms with Crippen molar-refractivity contribution in [1.29, 1.82) is 0 Å². The second-order valence-electron chi connectivity index (χ2n) is 8.14. The minimum atomic E-state index is -0.488. The van der Waals surface area contributed by atoms with Gasteiger partial charge in [0, 0.05) is 25.8 Å². The smallest absolute Gasteiger partial charge is 0.426 e. The van der Waals surface area contributed by atoms with Gasteiger partial charge in [-0.25, -0.2) is 4.39 Å². The summed E-state index contributed by atoms with van der Waals surface area (Å²) < 4.78 is 20.5. The number of carbonyl (C=O) groups excluding carboxylic acids is 1. The van der Waals surface area contributed by atoms with Gasteiger partial charge in [0.1, 0.15) is 11.6 Å². The van der Waals surface area contributed by atoms with Gasteiger partial charge in [-0.2, -0.15) is 0 Å². The van der Waals surface area contributed by atoms with Gasteiger partial charge in [-0.3, -0.25) is 4.79 Å². The van der Waals surface area contributed by atoms with Crippen molar-refractivity contribution >= 4 is 35.4 Å². The highest BCUT2D eigenvalue weighted by molar-refractivity contribution is 6.80. The van der Waals surface area contributed by atoms with Crippen molar-refractivity contribution in [1.82, 2.24) is 0 Å². The van der Waals surface area contributed by atoms with Crippen LogP contribution in [0.4, 0.5) is 10.1 Å². The van der Waals surface area contributed by atoms with E-state index in [1.807, 2.05) is 104 Å². The molecule has 0 aliphatic rings. The van der Waals surface area contributed by atoms with E-state index in [9.17, 15) is 9.18 Å². The van der Waals surface area contributed by atoms with Crippen LogP contribution >= 0.6 is 0 Å². The minimum absolute atomic E-state index is 0.204. The fourth-order valence-corrected chi connectivity index (χ4v) is 3.65. The predicted octanol–water partition coefficient (Wildman–Crippen LogP) is 4.97. The van der Waals surface area contributed by atoms with Gasteiger partial charge in [-0.1, -0.05) is 78.9 Å². The summed E-state index contributed by atoms with van der Waals surface area (Å²) in [5, 5.41) is 0. The van der Waals surface area contributed by atoms with E-state index >= 15 is 0 Å². The lowest BCUT2D eigenvalue weighted by Crippen LogP contribution is -2.47. The molecule has 0 atom stereocenters. The van der Waals surface area contributed by atoms with E-state index < -0.39 is 12.7 Å². The highest BCUT2D eigenvalue weighted by Gasteiger charge is 2.25. The highest BCUT2D eigenvalue weighted by atomic mass is 19.1. The number of hydrogen-bond donors (Lipinski definition) is 0. The van der Waals surface area contributed by atoms with Crippen molar-refractivity contribution in [2.24, 2.45) is 0 Å². The number of ketones is 1. The van der Waals surface area contributed by atoms with E-state index in [-0.39, 0.29) is 11.5 Å². The van der Waals surface area contributed by atoms with Crippen molar-refractivity contribution in [2.45, 2.75) is 0 Å². The molecule has 0 aromatic heterocycles. The molecule has 0 fully saturated rings. The van der Waals surface area contributed by atoms with Crippen LogP contribution in [0.15, 0.2) is 109 Å². The summed E-state index contributed by atoms with van der Waals surface area (Å²) in [5.41, 5.74) is 4.10. The summed E-state index contributed by atoms with van der Waals surface area (Å²) >= 11 is 0. The van der Waals surface area contributed by atoms with Crippen LogP contribution < -0.4 is 20.5 Å². The van der Waals surface area contributed by atoms with Crippen molar-refractivity contribution in [3.8, 4) is 5.75 Å². The molecule has 0 amide bonds. The van der Waals surface area contributed by atoms with Crippen molar-refractivity contribution < 1.29 is 13.8 Å². The molecule has 0 heterocycles. The van der Waals surface area contributed by atoms with Crippen molar-refractivity contribution in [3.05, 3.63) is 126 Å². The molecule has 0 aliphatic heterocycles. The molecule has 0 bridgehead atoms. The average Bonchev–Trinajstić information content (AvgIpc) is 2.87. The number of benzene rings is 4. The van der Waals surface area contributed by atoms with Gasteiger partial charge < -0.3 is 9.55 Å². The van der Waals surface area contributed by atoms with Gasteiger partial charge in [0.05, 0.1) is 5.56 Å². The van der Waals surface area contributed by atoms with E-state index in [0.717, 1.165) is 22.2 Å². The quantitative estimate of drug-likeness (QED) is 0.216. The molecule has 5 heteroatoms. The van der Waals surface area contributed by atoms with Crippen LogP contribution in [0.25, 0.3) is 6.08 Å². The number of allylic oxidation sites excluding steroid dienone is 1. The van der Waals surface area contributed by atoms with E-state index in [2.05, 4.69) is 0 Å². The molecule has 168 valence electrons. The number of halogens is 1. The third-order valence-corrected chi connectivity index (χ3v) is 5.50. The van der Waals surface area contributed by atoms with Gasteiger partial charge in [0.2, 0.25) is 0 Å². The SMILES string of the molecule is CN(C)c1ccc(/C=C/C(=O)c2ccc(F)cc2OB(c2ccccc2)c2ccccc2)cc1. The molecular formula is C29H25BFNO2. The number of carbonyl (C=O) groups is 1. The Morgan fingerprint density at radius 1 is 0.824 bits per heavy atom. The second-order valence-corrected chi connectivity index (χ2v) is 8.14. The molecule has 0 radical (unpaired) electrons. The maximum atomic E-state index is 14.2. The summed E-state index contributed by atoms with van der Waals surface area (Å²) in [4.78, 5) is 15.1. The zero-order chi connectivity index (χ0) is 23.9. The fourth-order valence-electron chi connectivity index (χ4n) is 3.65. The van der Waals surface area contributed by atoms with Gasteiger partial charge >= 0.3 is 6.92 Å². The largest absolute Gasteiger partial charge is 0.551 e. The monoisotopic (exact) mass is 449 g/mol. The summed E-state index contributed by atoms with van der Waals surface area (Å²) in [6.07, 6.45) is 3.24. The zero-order valence-corrected chi connectivity index (χ0v) is 19.2. The first-order chi connectivity index (χ1) is 16.5. The van der Waals surface area contributed by atoms with Crippen LogP contribution in [0.1, 0.15) is 15.9 Å². The molecule has 0 spiro atoms. The molecule has 4 aromatic rings. The van der Waals surface area contributed by atoms with Crippen LogP contribution in [-0.2, 0) is 0 Å². The second kappa shape index (κ2) is 10.7. The van der Waals surface area contributed by atoms with Crippen LogP contribution in [-0.4, -0.2) is 26.8 Å². The normalized spacial score (nSPS) is 10.8. The molecule has 4 aromatic carbocycles. The maximum absolute atomic E-state index is 14.2. The molecule has 0 saturated heterocycles. The Balaban J connectivity index is 1.64. The van der Waals surface area contributed by atoms with Crippen molar-refractivity contribution in [2.75, 3.05) is 19.0 Å². The Labute approximate surface area is 200 Å². The van der Waals surface area contributed by atoms with Crippen LogP contribution in [0.3, 0.4) is 0 Å². The van der Waals surface area contributed by atoms with Crippen molar-refractivity contribution in [3.63, 3.8) is 0 Å². The summed E-state index contributed by atoms with van der Waals surface area (Å²) in [6, 6.07) is 31.3. The Morgan fingerprint density at radius 3 is 1.97 bits per heavy atom. The first kappa shape index (κ1) is 23.1. The molecule has 0 aliphatic carbocycles. The van der Waals surface area contributed by atoms with Crippen LogP contribution in [0.5, 0.6) is 5.75 Å². The number of nitrogens with zero attached hydrogens (tertiary/aromatic N) is 1. The molecule has 0 unspecified atom stereocenters. The Morgan fingerprint density at radius 2 is 1.41 bits per heavy atom. The Hall–Kier alpha value is -4.12. The molecular weight excluding hydrogens is 424 g/mol. The van der Waals surface area contributed by atoms with Gasteiger partial charge in [0.15, 0.2) is 5.78 Å². The lowest BCUT2D eigenvalue weighted by molar-refractivity contribution is 0.104. The molecule has 3 nitrogen and oxygen atoms in total. The zero-order valence-electron chi connectivity index (χ0n) is 19.2.